The number of halogens is 2. The summed E-state index contributed by atoms with van der Waals surface area (Å²) in [6, 6.07) is 6.49. The second kappa shape index (κ2) is 22.7. The molecule has 70 heavy (non-hydrogen) atoms. The van der Waals surface area contributed by atoms with Gasteiger partial charge in [0.2, 0.25) is 23.1 Å². The number of rotatable bonds is 25. The van der Waals surface area contributed by atoms with Crippen LogP contribution in [0.2, 0.25) is 5.28 Å². The normalized spacial score (nSPS) is 13.1. The van der Waals surface area contributed by atoms with Crippen LogP contribution in [0.1, 0.15) is 12.8 Å². The van der Waals surface area contributed by atoms with Crippen LogP contribution in [0, 0.1) is 0 Å². The van der Waals surface area contributed by atoms with E-state index in [0.29, 0.717) is 18.2 Å². The molecule has 3 aromatic carbocycles. The van der Waals surface area contributed by atoms with Crippen molar-refractivity contribution in [2.75, 3.05) is 58.1 Å². The van der Waals surface area contributed by atoms with Crippen LogP contribution in [0.5, 0.6) is 5.75 Å². The lowest BCUT2D eigenvalue weighted by Gasteiger charge is -2.14. The molecule has 30 nitrogen and oxygen atoms in total. The minimum Gasteiger partial charge on any atom is -0.504 e. The molecule has 0 aliphatic heterocycles. The average molecular weight is 1170 g/mol. The van der Waals surface area contributed by atoms with Gasteiger partial charge in [-0.15, -0.1) is 21.8 Å². The molecule has 1 heterocycles. The van der Waals surface area contributed by atoms with Crippen molar-refractivity contribution in [3.8, 4) is 5.75 Å². The molecule has 0 atom stereocenters. The van der Waals surface area contributed by atoms with Crippen LogP contribution >= 0.6 is 23.2 Å². The molecule has 4 aromatic rings. The number of sulfone groups is 3. The largest absolute Gasteiger partial charge is 0.504 e. The molecule has 0 saturated heterocycles. The van der Waals surface area contributed by atoms with E-state index in [-0.39, 0.29) is 35.1 Å². The van der Waals surface area contributed by atoms with Gasteiger partial charge in [-0.05, 0) is 66.6 Å². The van der Waals surface area contributed by atoms with Crippen molar-refractivity contribution in [2.45, 2.75) is 32.4 Å². The number of hydrogen-bond donors (Lipinski definition) is 8. The highest BCUT2D eigenvalue weighted by Crippen LogP contribution is 2.37. The molecule has 0 aliphatic rings. The lowest BCUT2D eigenvalue weighted by Crippen LogP contribution is -2.16. The van der Waals surface area contributed by atoms with E-state index in [2.05, 4.69) is 49.5 Å². The fourth-order valence-corrected chi connectivity index (χ4v) is 11.6. The van der Waals surface area contributed by atoms with E-state index >= 15 is 0 Å². The number of hydrogen-bond acceptors (Lipinski definition) is 25. The maximum absolute atomic E-state index is 13.1. The van der Waals surface area contributed by atoms with E-state index in [1.165, 1.54) is 6.07 Å². The van der Waals surface area contributed by atoms with E-state index in [1.807, 2.05) is 0 Å². The smallest absolute Gasteiger partial charge is 0.397 e. The highest BCUT2D eigenvalue weighted by atomic mass is 35.5. The van der Waals surface area contributed by atoms with Gasteiger partial charge in [0.15, 0.2) is 35.3 Å². The number of aromatic hydroxyl groups is 1. The number of phenols is 1. The van der Waals surface area contributed by atoms with Crippen molar-refractivity contribution in [3.63, 3.8) is 0 Å². The lowest BCUT2D eigenvalue weighted by atomic mass is 10.2. The molecule has 0 unspecified atom stereocenters. The Hall–Kier alpha value is -4.87. The van der Waals surface area contributed by atoms with Crippen molar-refractivity contribution in [3.05, 3.63) is 53.8 Å². The zero-order valence-electron chi connectivity index (χ0n) is 34.5. The fourth-order valence-electron chi connectivity index (χ4n) is 5.27. The number of aromatic nitrogens is 3. The van der Waals surface area contributed by atoms with Gasteiger partial charge in [-0.25, -0.2) is 33.6 Å². The lowest BCUT2D eigenvalue weighted by molar-refractivity contribution is -0.116. The maximum atomic E-state index is 13.1. The van der Waals surface area contributed by atoms with E-state index in [0.717, 1.165) is 24.3 Å². The molecule has 0 saturated carbocycles. The molecule has 1 amide bonds. The Morgan fingerprint density at radius 1 is 0.614 bits per heavy atom. The number of amides is 1. The van der Waals surface area contributed by atoms with Gasteiger partial charge in [0.25, 0.3) is 20.2 Å². The van der Waals surface area contributed by atoms with Crippen LogP contribution in [-0.4, -0.2) is 145 Å². The minimum absolute atomic E-state index is 0.0463. The Balaban J connectivity index is 1.74. The molecular weight excluding hydrogens is 1130 g/mol. The van der Waals surface area contributed by atoms with E-state index in [9.17, 15) is 77.9 Å². The zero-order chi connectivity index (χ0) is 52.7. The molecule has 0 aliphatic carbocycles. The number of benzene rings is 3. The Morgan fingerprint density at radius 3 is 1.70 bits per heavy atom. The number of alkyl halides is 1. The molecule has 39 heteroatoms. The number of azo groups is 1. The first-order chi connectivity index (χ1) is 32.1. The highest BCUT2D eigenvalue weighted by molar-refractivity contribution is 7.92. The number of carbonyl (C=O) groups excluding carboxylic acids is 1. The third kappa shape index (κ3) is 17.8. The number of phenolic OH excluding ortho intramolecular Hbond substituents is 1. The summed E-state index contributed by atoms with van der Waals surface area (Å²) in [5.74, 6) is -6.48. The number of carbonyl (C=O) groups is 1. The standard InChI is InChI=1S/C31H34Cl2N8O22S7/c32-7-11-64(44,45)10-1-2-27(42)35-23-14-18(3-5-21(23)40-41-22-6-4-19(16-25(22)67(50,51)52)65(46,47)12-8-62-69(56,57)58)34-30-37-29(33)38-31(39-30)36-24-15-20(17-26(28(24)43)68(53,54)55)66(48,49)13-9-63-70(59,60)61/h3-6,14-17,43H,1-2,7-13H2,(H,35,42)(H,50,51,52)(H,53,54,55)(H,56,57,58)(H,59,60,61)(H2,34,36,37,38,39)/b41-40+. The molecule has 4 rings (SSSR count). The minimum atomic E-state index is -5.38. The summed E-state index contributed by atoms with van der Waals surface area (Å²) in [7, 11) is -33.7. The van der Waals surface area contributed by atoms with E-state index in [4.69, 9.17) is 32.3 Å². The Morgan fingerprint density at radius 2 is 1.14 bits per heavy atom. The van der Waals surface area contributed by atoms with Gasteiger partial charge < -0.3 is 21.1 Å². The third-order valence-corrected chi connectivity index (χ3v) is 16.6. The molecule has 386 valence electrons. The van der Waals surface area contributed by atoms with Crippen molar-refractivity contribution in [2.24, 2.45) is 10.2 Å². The summed E-state index contributed by atoms with van der Waals surface area (Å²) in [6.45, 7) is -2.23. The summed E-state index contributed by atoms with van der Waals surface area (Å²) < 4.78 is 213. The molecule has 0 spiro atoms. The summed E-state index contributed by atoms with van der Waals surface area (Å²) >= 11 is 11.6. The molecule has 0 bridgehead atoms. The third-order valence-electron chi connectivity index (χ3n) is 8.32. The Kier molecular flexibility index (Phi) is 18.7. The van der Waals surface area contributed by atoms with Crippen molar-refractivity contribution in [1.29, 1.82) is 0 Å². The fraction of sp³-hybridized carbons (Fsp3) is 0.290. The predicted molar refractivity (Wildman–Crippen MR) is 243 cm³/mol. The first kappa shape index (κ1) is 57.7. The quantitative estimate of drug-likeness (QED) is 0.0204. The topological polar surface area (TPSA) is 475 Å². The Labute approximate surface area is 408 Å². The van der Waals surface area contributed by atoms with Gasteiger partial charge in [0.1, 0.15) is 21.2 Å². The SMILES string of the molecule is O=C(CCCS(=O)(=O)CCCl)Nc1cc(Nc2nc(Cl)nc(Nc3cc(S(=O)(=O)CCOS(=O)(=O)O)cc(S(=O)(=O)O)c3O)n2)ccc1/N=N/c1ccc(S(=O)(=O)CCOS(=O)(=O)O)cc1S(=O)(=O)O. The molecule has 1 aromatic heterocycles. The number of anilines is 5. The van der Waals surface area contributed by atoms with Gasteiger partial charge >= 0.3 is 20.8 Å². The van der Waals surface area contributed by atoms with Crippen LogP contribution in [-0.2, 0) is 83.7 Å². The average Bonchev–Trinajstić information content (AvgIpc) is 3.19. The van der Waals surface area contributed by atoms with Gasteiger partial charge in [-0.1, -0.05) is 0 Å². The monoisotopic (exact) mass is 1160 g/mol. The van der Waals surface area contributed by atoms with Gasteiger partial charge in [0, 0.05) is 18.0 Å². The first-order valence-corrected chi connectivity index (χ1v) is 30.0. The van der Waals surface area contributed by atoms with Crippen molar-refractivity contribution in [1.82, 2.24) is 15.0 Å². The summed E-state index contributed by atoms with van der Waals surface area (Å²) in [4.78, 5) is 20.5. The zero-order valence-corrected chi connectivity index (χ0v) is 41.7. The second-order valence-electron chi connectivity index (χ2n) is 13.5. The maximum Gasteiger partial charge on any atom is 0.397 e. The van der Waals surface area contributed by atoms with Crippen LogP contribution in [0.3, 0.4) is 0 Å². The number of nitrogens with zero attached hydrogens (tertiary/aromatic N) is 5. The van der Waals surface area contributed by atoms with Crippen LogP contribution in [0.15, 0.2) is 78.3 Å². The first-order valence-electron chi connectivity index (χ1n) is 18.3. The van der Waals surface area contributed by atoms with Crippen molar-refractivity contribution < 1.29 is 95.4 Å². The second-order valence-corrected chi connectivity index (χ2v) is 25.7. The molecular formula is C31H34Cl2N8O22S7. The van der Waals surface area contributed by atoms with Gasteiger partial charge in [-0.3, -0.25) is 23.0 Å². The van der Waals surface area contributed by atoms with Crippen LogP contribution in [0.25, 0.3) is 0 Å². The summed E-state index contributed by atoms with van der Waals surface area (Å²) in [5.41, 5.74) is -2.06. The van der Waals surface area contributed by atoms with E-state index < -0.39 is 167 Å². The van der Waals surface area contributed by atoms with Gasteiger partial charge in [0.05, 0.1) is 57.4 Å². The summed E-state index contributed by atoms with van der Waals surface area (Å²) in [5, 5.41) is 25.2. The predicted octanol–water partition coefficient (Wildman–Crippen LogP) is 2.19. The van der Waals surface area contributed by atoms with Crippen LogP contribution in [0.4, 0.5) is 40.3 Å². The van der Waals surface area contributed by atoms with Crippen molar-refractivity contribution >= 4 is 140 Å². The Bertz CT molecular complexity index is 3510. The highest BCUT2D eigenvalue weighted by Gasteiger charge is 2.27. The van der Waals surface area contributed by atoms with Gasteiger partial charge in [-0.2, -0.15) is 48.6 Å². The van der Waals surface area contributed by atoms with Crippen LogP contribution < -0.4 is 16.0 Å². The number of nitrogens with one attached hydrogen (secondary N) is 3. The molecule has 0 radical (unpaired) electrons. The van der Waals surface area contributed by atoms with E-state index in [1.54, 1.807) is 0 Å². The summed E-state index contributed by atoms with van der Waals surface area (Å²) in [6.07, 6.45) is -0.592. The molecule has 0 fully saturated rings. The molecule has 8 N–H and O–H groups in total.